The number of carbonyl (C=O) groups excluding carboxylic acids is 1. The van der Waals surface area contributed by atoms with Gasteiger partial charge in [0.2, 0.25) is 5.91 Å². The van der Waals surface area contributed by atoms with Crippen molar-refractivity contribution in [3.63, 3.8) is 0 Å². The van der Waals surface area contributed by atoms with Crippen molar-refractivity contribution in [1.82, 2.24) is 0 Å². The van der Waals surface area contributed by atoms with Crippen LogP contribution < -0.4 is 10.6 Å². The van der Waals surface area contributed by atoms with Crippen LogP contribution in [0.3, 0.4) is 0 Å². The average Bonchev–Trinajstić information content (AvgIpc) is 2.31. The van der Waals surface area contributed by atoms with Crippen molar-refractivity contribution >= 4 is 27.5 Å². The first kappa shape index (κ1) is 15.2. The van der Waals surface area contributed by atoms with Gasteiger partial charge in [-0.15, -0.1) is 0 Å². The van der Waals surface area contributed by atoms with Gasteiger partial charge in [0.15, 0.2) is 0 Å². The molecule has 0 fully saturated rings. The van der Waals surface area contributed by atoms with Crippen LogP contribution in [0.2, 0.25) is 0 Å². The lowest BCUT2D eigenvalue weighted by Gasteiger charge is -2.26. The lowest BCUT2D eigenvalue weighted by molar-refractivity contribution is -0.123. The maximum Gasteiger partial charge on any atom is 0.231 e. The zero-order chi connectivity index (χ0) is 13.9. The van der Waals surface area contributed by atoms with Crippen LogP contribution in [0.15, 0.2) is 22.7 Å². The van der Waals surface area contributed by atoms with E-state index in [9.17, 15) is 4.79 Å². The van der Waals surface area contributed by atoms with Gasteiger partial charge in [0.05, 0.1) is 5.92 Å². The summed E-state index contributed by atoms with van der Waals surface area (Å²) in [5.41, 5.74) is 7.70. The second-order valence-corrected chi connectivity index (χ2v) is 5.83. The maximum atomic E-state index is 12.4. The zero-order valence-electron chi connectivity index (χ0n) is 11.4. The Labute approximate surface area is 117 Å². The highest BCUT2D eigenvalue weighted by molar-refractivity contribution is 9.10. The van der Waals surface area contributed by atoms with Gasteiger partial charge in [0.25, 0.3) is 0 Å². The fourth-order valence-electron chi connectivity index (χ4n) is 1.97. The number of benzene rings is 1. The van der Waals surface area contributed by atoms with Crippen molar-refractivity contribution in [1.29, 1.82) is 0 Å². The third kappa shape index (κ3) is 3.33. The number of carbonyl (C=O) groups is 1. The Morgan fingerprint density at radius 3 is 2.56 bits per heavy atom. The van der Waals surface area contributed by atoms with Crippen LogP contribution in [0.25, 0.3) is 0 Å². The molecule has 0 aliphatic rings. The maximum absolute atomic E-state index is 12.4. The van der Waals surface area contributed by atoms with Crippen molar-refractivity contribution < 1.29 is 4.79 Å². The second kappa shape index (κ2) is 6.34. The minimum Gasteiger partial charge on any atom is -0.330 e. The van der Waals surface area contributed by atoms with Gasteiger partial charge in [0, 0.05) is 23.8 Å². The predicted molar refractivity (Wildman–Crippen MR) is 79.7 cm³/mol. The largest absolute Gasteiger partial charge is 0.330 e. The van der Waals surface area contributed by atoms with Crippen molar-refractivity contribution in [3.8, 4) is 0 Å². The van der Waals surface area contributed by atoms with Gasteiger partial charge in [0.1, 0.15) is 0 Å². The molecular formula is C14H21BrN2O. The van der Waals surface area contributed by atoms with Gasteiger partial charge in [-0.3, -0.25) is 4.79 Å². The SMILES string of the molecule is Cc1ccc(Br)cc1N(C)C(=O)C(CN)C(C)C. The number of amides is 1. The van der Waals surface area contributed by atoms with Gasteiger partial charge >= 0.3 is 0 Å². The molecule has 4 heteroatoms. The first-order valence-corrected chi connectivity index (χ1v) is 6.91. The molecule has 0 aromatic heterocycles. The standard InChI is InChI=1S/C14H21BrN2O/c1-9(2)12(8-16)14(18)17(4)13-7-11(15)6-5-10(13)3/h5-7,9,12H,8,16H2,1-4H3. The Kier molecular flexibility index (Phi) is 5.35. The topological polar surface area (TPSA) is 46.3 Å². The average molecular weight is 313 g/mol. The molecule has 0 spiro atoms. The predicted octanol–water partition coefficient (Wildman–Crippen LogP) is 2.95. The van der Waals surface area contributed by atoms with Crippen LogP contribution in [-0.2, 0) is 4.79 Å². The number of rotatable bonds is 4. The van der Waals surface area contributed by atoms with E-state index in [0.717, 1.165) is 15.7 Å². The molecule has 1 unspecified atom stereocenters. The fourth-order valence-corrected chi connectivity index (χ4v) is 2.32. The van der Waals surface area contributed by atoms with Crippen LogP contribution >= 0.6 is 15.9 Å². The number of aryl methyl sites for hydroxylation is 1. The van der Waals surface area contributed by atoms with Gasteiger partial charge in [-0.1, -0.05) is 35.8 Å². The minimum absolute atomic E-state index is 0.0775. The van der Waals surface area contributed by atoms with Gasteiger partial charge in [-0.2, -0.15) is 0 Å². The number of nitrogens with two attached hydrogens (primary N) is 1. The summed E-state index contributed by atoms with van der Waals surface area (Å²) in [7, 11) is 1.81. The Hall–Kier alpha value is -0.870. The highest BCUT2D eigenvalue weighted by atomic mass is 79.9. The number of hydrogen-bond acceptors (Lipinski definition) is 2. The molecule has 18 heavy (non-hydrogen) atoms. The first-order chi connectivity index (χ1) is 8.38. The first-order valence-electron chi connectivity index (χ1n) is 6.12. The number of halogens is 1. The van der Waals surface area contributed by atoms with E-state index in [0.29, 0.717) is 6.54 Å². The van der Waals surface area contributed by atoms with Crippen molar-refractivity contribution in [3.05, 3.63) is 28.2 Å². The van der Waals surface area contributed by atoms with E-state index in [1.54, 1.807) is 4.90 Å². The van der Waals surface area contributed by atoms with Crippen LogP contribution in [-0.4, -0.2) is 19.5 Å². The molecule has 1 amide bonds. The molecule has 100 valence electrons. The summed E-state index contributed by atoms with van der Waals surface area (Å²) in [6.45, 7) is 6.43. The summed E-state index contributed by atoms with van der Waals surface area (Å²) in [6.07, 6.45) is 0. The van der Waals surface area contributed by atoms with Crippen LogP contribution in [0.1, 0.15) is 19.4 Å². The number of nitrogens with zero attached hydrogens (tertiary/aromatic N) is 1. The molecule has 0 bridgehead atoms. The summed E-state index contributed by atoms with van der Waals surface area (Å²) in [5, 5.41) is 0. The highest BCUT2D eigenvalue weighted by Gasteiger charge is 2.25. The van der Waals surface area contributed by atoms with E-state index in [4.69, 9.17) is 5.73 Å². The summed E-state index contributed by atoms with van der Waals surface area (Å²) < 4.78 is 0.969. The van der Waals surface area contributed by atoms with Crippen molar-refractivity contribution in [2.45, 2.75) is 20.8 Å². The normalized spacial score (nSPS) is 12.6. The lowest BCUT2D eigenvalue weighted by Crippen LogP contribution is -2.39. The highest BCUT2D eigenvalue weighted by Crippen LogP contribution is 2.25. The number of anilines is 1. The Morgan fingerprint density at radius 2 is 2.06 bits per heavy atom. The quantitative estimate of drug-likeness (QED) is 0.929. The van der Waals surface area contributed by atoms with Crippen LogP contribution in [0.5, 0.6) is 0 Å². The smallest absolute Gasteiger partial charge is 0.231 e. The van der Waals surface area contributed by atoms with Crippen molar-refractivity contribution in [2.75, 3.05) is 18.5 Å². The van der Waals surface area contributed by atoms with Crippen LogP contribution in [0.4, 0.5) is 5.69 Å². The number of hydrogen-bond donors (Lipinski definition) is 1. The molecule has 0 aliphatic carbocycles. The van der Waals surface area contributed by atoms with E-state index in [-0.39, 0.29) is 17.7 Å². The van der Waals surface area contributed by atoms with Gasteiger partial charge < -0.3 is 10.6 Å². The molecule has 2 N–H and O–H groups in total. The zero-order valence-corrected chi connectivity index (χ0v) is 13.0. The summed E-state index contributed by atoms with van der Waals surface area (Å²) >= 11 is 3.43. The Morgan fingerprint density at radius 1 is 1.44 bits per heavy atom. The molecule has 1 atom stereocenters. The van der Waals surface area contributed by atoms with E-state index >= 15 is 0 Å². The minimum atomic E-state index is -0.131. The molecule has 0 saturated heterocycles. The molecular weight excluding hydrogens is 292 g/mol. The van der Waals surface area contributed by atoms with E-state index in [2.05, 4.69) is 15.9 Å². The van der Waals surface area contributed by atoms with Crippen molar-refractivity contribution in [2.24, 2.45) is 17.6 Å². The second-order valence-electron chi connectivity index (χ2n) is 4.91. The third-order valence-electron chi connectivity index (χ3n) is 3.24. The third-order valence-corrected chi connectivity index (χ3v) is 3.73. The van der Waals surface area contributed by atoms with Gasteiger partial charge in [-0.05, 0) is 30.5 Å². The monoisotopic (exact) mass is 312 g/mol. The van der Waals surface area contributed by atoms with E-state index < -0.39 is 0 Å². The molecule has 1 aromatic carbocycles. The molecule has 3 nitrogen and oxygen atoms in total. The van der Waals surface area contributed by atoms with Gasteiger partial charge in [-0.25, -0.2) is 0 Å². The van der Waals surface area contributed by atoms with Crippen LogP contribution in [0, 0.1) is 18.8 Å². The summed E-state index contributed by atoms with van der Waals surface area (Å²) in [5.74, 6) is 0.194. The molecule has 0 radical (unpaired) electrons. The molecule has 1 rings (SSSR count). The lowest BCUT2D eigenvalue weighted by atomic mass is 9.94. The molecule has 0 heterocycles. The molecule has 1 aromatic rings. The summed E-state index contributed by atoms with van der Waals surface area (Å²) in [6, 6.07) is 5.93. The Bertz CT molecular complexity index is 432. The van der Waals surface area contributed by atoms with E-state index in [1.807, 2.05) is 46.0 Å². The van der Waals surface area contributed by atoms with E-state index in [1.165, 1.54) is 0 Å². The molecule has 0 saturated carbocycles. The Balaban J connectivity index is 3.02. The fraction of sp³-hybridized carbons (Fsp3) is 0.500. The molecule has 0 aliphatic heterocycles. The summed E-state index contributed by atoms with van der Waals surface area (Å²) in [4.78, 5) is 14.1.